The highest BCUT2D eigenvalue weighted by molar-refractivity contribution is 7.14. The number of fused-ring (bicyclic) bond motifs is 1. The van der Waals surface area contributed by atoms with E-state index in [0.717, 1.165) is 24.3 Å². The molecule has 0 aliphatic carbocycles. The smallest absolute Gasteiger partial charge is 0.270 e. The third-order valence-corrected chi connectivity index (χ3v) is 3.93. The van der Waals surface area contributed by atoms with Crippen LogP contribution in [0.1, 0.15) is 30.3 Å². The first kappa shape index (κ1) is 14.6. The normalized spacial score (nSPS) is 12.2. The van der Waals surface area contributed by atoms with Crippen molar-refractivity contribution in [3.63, 3.8) is 0 Å². The number of hydrogen-bond acceptors (Lipinski definition) is 6. The number of hydrogen-bond donors (Lipinski definition) is 2. The number of nitrogens with zero attached hydrogens (tertiary/aromatic N) is 1. The number of anilines is 2. The molecule has 0 spiro atoms. The van der Waals surface area contributed by atoms with E-state index in [0.29, 0.717) is 23.1 Å². The van der Waals surface area contributed by atoms with Crippen LogP contribution in [-0.2, 0) is 0 Å². The summed E-state index contributed by atoms with van der Waals surface area (Å²) in [5, 5.41) is 8.43. The fraction of sp³-hybridized carbons (Fsp3) is 0.333. The molecule has 1 amide bonds. The van der Waals surface area contributed by atoms with Gasteiger partial charge in [-0.1, -0.05) is 13.3 Å². The summed E-state index contributed by atoms with van der Waals surface area (Å²) in [6, 6.07) is 5.58. The van der Waals surface area contributed by atoms with Gasteiger partial charge in [0, 0.05) is 23.7 Å². The zero-order valence-electron chi connectivity index (χ0n) is 12.2. The Kier molecular flexibility index (Phi) is 4.43. The fourth-order valence-corrected chi connectivity index (χ4v) is 2.71. The highest BCUT2D eigenvalue weighted by Crippen LogP contribution is 2.35. The van der Waals surface area contributed by atoms with E-state index in [4.69, 9.17) is 9.47 Å². The molecule has 0 saturated carbocycles. The molecule has 0 fully saturated rings. The van der Waals surface area contributed by atoms with Crippen LogP contribution < -0.4 is 20.1 Å². The lowest BCUT2D eigenvalue weighted by molar-refractivity contribution is 0.0949. The monoisotopic (exact) mass is 319 g/mol. The standard InChI is InChI=1S/C15H17N3O3S/c1-2-3-6-16-14(19)11-8-22-15(18-11)17-10-4-5-12-13(7-10)21-9-20-12/h4-5,7-8H,2-3,6,9H2,1H3,(H,16,19)(H,17,18). The second-order valence-electron chi connectivity index (χ2n) is 4.84. The fourth-order valence-electron chi connectivity index (χ4n) is 2.00. The minimum absolute atomic E-state index is 0.136. The highest BCUT2D eigenvalue weighted by atomic mass is 32.1. The number of ether oxygens (including phenoxy) is 2. The van der Waals surface area contributed by atoms with E-state index in [1.807, 2.05) is 18.2 Å². The molecule has 0 unspecified atom stereocenters. The van der Waals surface area contributed by atoms with E-state index in [-0.39, 0.29) is 12.7 Å². The molecule has 2 N–H and O–H groups in total. The molecule has 1 aromatic carbocycles. The molecule has 7 heteroatoms. The van der Waals surface area contributed by atoms with Crippen LogP contribution in [0.2, 0.25) is 0 Å². The van der Waals surface area contributed by atoms with Crippen molar-refractivity contribution in [1.29, 1.82) is 0 Å². The number of rotatable bonds is 6. The van der Waals surface area contributed by atoms with Gasteiger partial charge < -0.3 is 20.1 Å². The second-order valence-corrected chi connectivity index (χ2v) is 5.70. The summed E-state index contributed by atoms with van der Waals surface area (Å²) in [5.41, 5.74) is 1.28. The summed E-state index contributed by atoms with van der Waals surface area (Å²) in [5.74, 6) is 1.31. The number of carbonyl (C=O) groups is 1. The Morgan fingerprint density at radius 2 is 2.23 bits per heavy atom. The van der Waals surface area contributed by atoms with Crippen molar-refractivity contribution >= 4 is 28.1 Å². The van der Waals surface area contributed by atoms with Crippen molar-refractivity contribution in [2.45, 2.75) is 19.8 Å². The molecular formula is C15H17N3O3S. The molecule has 1 aliphatic heterocycles. The summed E-state index contributed by atoms with van der Waals surface area (Å²) in [4.78, 5) is 16.2. The maximum Gasteiger partial charge on any atom is 0.270 e. The third-order valence-electron chi connectivity index (χ3n) is 3.18. The Morgan fingerprint density at radius 1 is 1.36 bits per heavy atom. The molecule has 6 nitrogen and oxygen atoms in total. The predicted molar refractivity (Wildman–Crippen MR) is 85.2 cm³/mol. The molecule has 0 atom stereocenters. The van der Waals surface area contributed by atoms with Crippen molar-refractivity contribution < 1.29 is 14.3 Å². The van der Waals surface area contributed by atoms with Crippen molar-refractivity contribution in [2.24, 2.45) is 0 Å². The highest BCUT2D eigenvalue weighted by Gasteiger charge is 2.14. The molecular weight excluding hydrogens is 302 g/mol. The molecule has 0 radical (unpaired) electrons. The number of nitrogens with one attached hydrogen (secondary N) is 2. The van der Waals surface area contributed by atoms with E-state index < -0.39 is 0 Å². The van der Waals surface area contributed by atoms with Gasteiger partial charge in [0.1, 0.15) is 5.69 Å². The Labute approximate surface area is 132 Å². The van der Waals surface area contributed by atoms with Crippen LogP contribution >= 0.6 is 11.3 Å². The van der Waals surface area contributed by atoms with Crippen LogP contribution in [0.4, 0.5) is 10.8 Å². The van der Waals surface area contributed by atoms with Gasteiger partial charge in [0.2, 0.25) is 6.79 Å². The molecule has 0 saturated heterocycles. The largest absolute Gasteiger partial charge is 0.454 e. The van der Waals surface area contributed by atoms with Crippen LogP contribution in [0.15, 0.2) is 23.6 Å². The average Bonchev–Trinajstić information content (AvgIpc) is 3.16. The predicted octanol–water partition coefficient (Wildman–Crippen LogP) is 3.15. The van der Waals surface area contributed by atoms with Crippen LogP contribution in [0.25, 0.3) is 0 Å². The van der Waals surface area contributed by atoms with E-state index in [2.05, 4.69) is 22.5 Å². The maximum atomic E-state index is 11.9. The van der Waals surface area contributed by atoms with Crippen LogP contribution in [0, 0.1) is 0 Å². The number of amides is 1. The van der Waals surface area contributed by atoms with Gasteiger partial charge >= 0.3 is 0 Å². The summed E-state index contributed by atoms with van der Waals surface area (Å²) in [6.45, 7) is 3.01. The van der Waals surface area contributed by atoms with Crippen LogP contribution in [0.5, 0.6) is 11.5 Å². The molecule has 1 aromatic heterocycles. The van der Waals surface area contributed by atoms with E-state index in [1.165, 1.54) is 11.3 Å². The minimum atomic E-state index is -0.136. The summed E-state index contributed by atoms with van der Waals surface area (Å²) < 4.78 is 10.6. The van der Waals surface area contributed by atoms with E-state index in [1.54, 1.807) is 5.38 Å². The molecule has 2 heterocycles. The van der Waals surface area contributed by atoms with Crippen molar-refractivity contribution in [3.8, 4) is 11.5 Å². The lowest BCUT2D eigenvalue weighted by Crippen LogP contribution is -2.24. The molecule has 3 rings (SSSR count). The lowest BCUT2D eigenvalue weighted by Gasteiger charge is -2.04. The van der Waals surface area contributed by atoms with Gasteiger partial charge in [-0.25, -0.2) is 4.98 Å². The molecule has 22 heavy (non-hydrogen) atoms. The number of aromatic nitrogens is 1. The number of unbranched alkanes of at least 4 members (excludes halogenated alkanes) is 1. The van der Waals surface area contributed by atoms with Gasteiger partial charge in [-0.15, -0.1) is 11.3 Å². The third kappa shape index (κ3) is 3.30. The topological polar surface area (TPSA) is 72.5 Å². The van der Waals surface area contributed by atoms with Crippen LogP contribution in [-0.4, -0.2) is 24.2 Å². The number of carbonyl (C=O) groups excluding carboxylic acids is 1. The molecule has 0 bridgehead atoms. The average molecular weight is 319 g/mol. The van der Waals surface area contributed by atoms with Gasteiger partial charge in [0.05, 0.1) is 0 Å². The first-order valence-electron chi connectivity index (χ1n) is 7.16. The molecule has 1 aliphatic rings. The van der Waals surface area contributed by atoms with Gasteiger partial charge in [0.15, 0.2) is 16.6 Å². The summed E-state index contributed by atoms with van der Waals surface area (Å²) >= 11 is 1.39. The van der Waals surface area contributed by atoms with Gasteiger partial charge in [0.25, 0.3) is 5.91 Å². The second kappa shape index (κ2) is 6.65. The van der Waals surface area contributed by atoms with Gasteiger partial charge in [-0.05, 0) is 18.6 Å². The Bertz CT molecular complexity index is 672. The Hall–Kier alpha value is -2.28. The van der Waals surface area contributed by atoms with Crippen molar-refractivity contribution in [2.75, 3.05) is 18.7 Å². The summed E-state index contributed by atoms with van der Waals surface area (Å²) in [6.07, 6.45) is 2.02. The van der Waals surface area contributed by atoms with Gasteiger partial charge in [-0.3, -0.25) is 4.79 Å². The van der Waals surface area contributed by atoms with Crippen molar-refractivity contribution in [3.05, 3.63) is 29.3 Å². The zero-order chi connectivity index (χ0) is 15.4. The quantitative estimate of drug-likeness (QED) is 0.800. The maximum absolute atomic E-state index is 11.9. The SMILES string of the molecule is CCCCNC(=O)c1csc(Nc2ccc3c(c2)OCO3)n1. The van der Waals surface area contributed by atoms with Crippen LogP contribution in [0.3, 0.4) is 0 Å². The zero-order valence-corrected chi connectivity index (χ0v) is 13.0. The summed E-state index contributed by atoms with van der Waals surface area (Å²) in [7, 11) is 0. The number of thiazole rings is 1. The Morgan fingerprint density at radius 3 is 3.09 bits per heavy atom. The van der Waals surface area contributed by atoms with Crippen molar-refractivity contribution in [1.82, 2.24) is 10.3 Å². The van der Waals surface area contributed by atoms with Gasteiger partial charge in [-0.2, -0.15) is 0 Å². The van der Waals surface area contributed by atoms with E-state index >= 15 is 0 Å². The Balaban J connectivity index is 1.63. The first-order chi connectivity index (χ1) is 10.8. The first-order valence-corrected chi connectivity index (χ1v) is 8.04. The molecule has 2 aromatic rings. The lowest BCUT2D eigenvalue weighted by atomic mass is 10.3. The molecule has 116 valence electrons. The number of benzene rings is 1. The minimum Gasteiger partial charge on any atom is -0.454 e. The van der Waals surface area contributed by atoms with E-state index in [9.17, 15) is 4.79 Å².